The lowest BCUT2D eigenvalue weighted by Gasteiger charge is -2.15. The van der Waals surface area contributed by atoms with Crippen molar-refractivity contribution >= 4 is 23.6 Å². The van der Waals surface area contributed by atoms with Crippen LogP contribution in [-0.2, 0) is 31.8 Å². The molecule has 200 valence electrons. The third kappa shape index (κ3) is 8.39. The molecule has 0 unspecified atom stereocenters. The Bertz CT molecular complexity index is 1190. The van der Waals surface area contributed by atoms with Gasteiger partial charge in [0.15, 0.2) is 6.61 Å². The fraction of sp³-hybridized carbons (Fsp3) is 0.423. The largest absolute Gasteiger partial charge is 0.489 e. The molecule has 11 heteroatoms. The molecule has 0 saturated carbocycles. The average molecular weight is 522 g/mol. The zero-order valence-electron chi connectivity index (χ0n) is 21.4. The minimum Gasteiger partial charge on any atom is -0.489 e. The van der Waals surface area contributed by atoms with Crippen molar-refractivity contribution in [3.63, 3.8) is 0 Å². The molecule has 2 rings (SSSR count). The number of aryl methyl sites for hydroxylation is 1. The Kier molecular flexibility index (Phi) is 10.3. The normalized spacial score (nSPS) is 11.8. The van der Waals surface area contributed by atoms with E-state index in [1.54, 1.807) is 6.07 Å². The van der Waals surface area contributed by atoms with E-state index >= 15 is 0 Å². The maximum Gasteiger partial charge on any atom is 0.416 e. The van der Waals surface area contributed by atoms with Gasteiger partial charge in [-0.25, -0.2) is 4.79 Å². The van der Waals surface area contributed by atoms with Gasteiger partial charge >= 0.3 is 12.1 Å². The van der Waals surface area contributed by atoms with E-state index in [2.05, 4.69) is 23.7 Å². The number of esters is 1. The highest BCUT2D eigenvalue weighted by Crippen LogP contribution is 2.35. The number of carbonyl (C=O) groups excluding carboxylic acids is 2. The molecule has 0 fully saturated rings. The van der Waals surface area contributed by atoms with Gasteiger partial charge in [-0.2, -0.15) is 18.4 Å². The number of nitrogens with one attached hydrogen (secondary N) is 1. The molecule has 0 aliphatic heterocycles. The van der Waals surface area contributed by atoms with E-state index < -0.39 is 30.2 Å². The molecule has 37 heavy (non-hydrogen) atoms. The fourth-order valence-corrected chi connectivity index (χ4v) is 3.47. The van der Waals surface area contributed by atoms with Crippen LogP contribution in [-0.4, -0.2) is 43.4 Å². The first-order valence-corrected chi connectivity index (χ1v) is 11.5. The molecule has 0 saturated heterocycles. The Morgan fingerprint density at radius 2 is 1.89 bits per heavy atom. The van der Waals surface area contributed by atoms with Gasteiger partial charge in [0.2, 0.25) is 0 Å². The van der Waals surface area contributed by atoms with Crippen molar-refractivity contribution in [2.24, 2.45) is 5.92 Å². The number of nitrogens with zero attached hydrogens (tertiary/aromatic N) is 2. The number of hydrogen-bond donors (Lipinski definition) is 1. The molecule has 0 spiro atoms. The van der Waals surface area contributed by atoms with Gasteiger partial charge in [-0.1, -0.05) is 13.8 Å². The SMILES string of the molecule is COCCOc1ccc(C(F)(F)F)cc1NC(=O)COC(=O)/C(C#N)=C/c1cc(C)n(CC(C)C)c1C. The monoisotopic (exact) mass is 521 g/mol. The summed E-state index contributed by atoms with van der Waals surface area (Å²) < 4.78 is 56.7. The Morgan fingerprint density at radius 3 is 2.49 bits per heavy atom. The molecule has 8 nitrogen and oxygen atoms in total. The zero-order chi connectivity index (χ0) is 27.8. The second-order valence-corrected chi connectivity index (χ2v) is 8.68. The van der Waals surface area contributed by atoms with E-state index in [1.807, 2.05) is 19.9 Å². The third-order valence-corrected chi connectivity index (χ3v) is 5.26. The lowest BCUT2D eigenvalue weighted by molar-refractivity contribution is -0.142. The van der Waals surface area contributed by atoms with Crippen LogP contribution >= 0.6 is 0 Å². The number of nitriles is 1. The molecular weight excluding hydrogens is 491 g/mol. The van der Waals surface area contributed by atoms with Gasteiger partial charge in [-0.3, -0.25) is 4.79 Å². The molecule has 1 amide bonds. The molecule has 2 aromatic rings. The van der Waals surface area contributed by atoms with Crippen molar-refractivity contribution in [1.82, 2.24) is 4.57 Å². The summed E-state index contributed by atoms with van der Waals surface area (Å²) >= 11 is 0. The number of amides is 1. The summed E-state index contributed by atoms with van der Waals surface area (Å²) in [5.41, 5.74) is 0.935. The molecule has 0 aliphatic rings. The first-order chi connectivity index (χ1) is 17.4. The summed E-state index contributed by atoms with van der Waals surface area (Å²) in [5.74, 6) is -1.56. The van der Waals surface area contributed by atoms with Gasteiger partial charge in [0.1, 0.15) is 24.0 Å². The van der Waals surface area contributed by atoms with Crippen molar-refractivity contribution in [1.29, 1.82) is 5.26 Å². The van der Waals surface area contributed by atoms with E-state index in [0.717, 1.165) is 36.1 Å². The van der Waals surface area contributed by atoms with Crippen LogP contribution in [0.1, 0.15) is 36.4 Å². The summed E-state index contributed by atoms with van der Waals surface area (Å²) in [6.45, 7) is 8.10. The van der Waals surface area contributed by atoms with Crippen molar-refractivity contribution in [2.45, 2.75) is 40.4 Å². The number of halogens is 3. The Balaban J connectivity index is 2.13. The minimum absolute atomic E-state index is 0.0147. The van der Waals surface area contributed by atoms with Gasteiger partial charge in [-0.15, -0.1) is 0 Å². The second kappa shape index (κ2) is 13.0. The maximum atomic E-state index is 13.1. The maximum absolute atomic E-state index is 13.1. The highest BCUT2D eigenvalue weighted by atomic mass is 19.4. The van der Waals surface area contributed by atoms with E-state index in [-0.39, 0.29) is 30.2 Å². The topological polar surface area (TPSA) is 103 Å². The summed E-state index contributed by atoms with van der Waals surface area (Å²) in [6.07, 6.45) is -3.26. The molecule has 0 bridgehead atoms. The standard InChI is InChI=1S/C26H30F3N3O5/c1-16(2)14-32-17(3)10-19(18(32)4)11-20(13-30)25(34)37-15-24(33)31-22-12-21(26(27,28)29)6-7-23(22)36-9-8-35-5/h6-7,10-12,16H,8-9,14-15H2,1-5H3,(H,31,33)/b20-11+. The highest BCUT2D eigenvalue weighted by molar-refractivity contribution is 6.00. The predicted octanol–water partition coefficient (Wildman–Crippen LogP) is 4.89. The summed E-state index contributed by atoms with van der Waals surface area (Å²) in [7, 11) is 1.43. The van der Waals surface area contributed by atoms with Crippen molar-refractivity contribution in [2.75, 3.05) is 32.2 Å². The molecule has 0 radical (unpaired) electrons. The van der Waals surface area contributed by atoms with Gasteiger partial charge in [0.05, 0.1) is 17.9 Å². The second-order valence-electron chi connectivity index (χ2n) is 8.68. The third-order valence-electron chi connectivity index (χ3n) is 5.26. The lowest BCUT2D eigenvalue weighted by Crippen LogP contribution is -2.22. The van der Waals surface area contributed by atoms with E-state index in [1.165, 1.54) is 13.2 Å². The lowest BCUT2D eigenvalue weighted by atomic mass is 10.1. The number of hydrogen-bond acceptors (Lipinski definition) is 6. The highest BCUT2D eigenvalue weighted by Gasteiger charge is 2.31. The summed E-state index contributed by atoms with van der Waals surface area (Å²) in [5, 5.41) is 11.7. The van der Waals surface area contributed by atoms with Gasteiger partial charge < -0.3 is 24.1 Å². The summed E-state index contributed by atoms with van der Waals surface area (Å²) in [4.78, 5) is 24.8. The molecule has 0 aliphatic carbocycles. The van der Waals surface area contributed by atoms with Crippen LogP contribution in [0.2, 0.25) is 0 Å². The van der Waals surface area contributed by atoms with E-state index in [9.17, 15) is 28.0 Å². The van der Waals surface area contributed by atoms with Crippen LogP contribution in [0.5, 0.6) is 5.75 Å². The van der Waals surface area contributed by atoms with Gasteiger partial charge in [0, 0.05) is 25.0 Å². The molecule has 0 atom stereocenters. The van der Waals surface area contributed by atoms with Crippen LogP contribution in [0.15, 0.2) is 29.8 Å². The molecular formula is C26H30F3N3O5. The number of benzene rings is 1. The average Bonchev–Trinajstić information content (AvgIpc) is 3.08. The van der Waals surface area contributed by atoms with Crippen molar-refractivity contribution in [3.05, 3.63) is 52.4 Å². The Hall–Kier alpha value is -3.78. The molecule has 1 heterocycles. The summed E-state index contributed by atoms with van der Waals surface area (Å²) in [6, 6.07) is 6.22. The van der Waals surface area contributed by atoms with Crippen LogP contribution < -0.4 is 10.1 Å². The zero-order valence-corrected chi connectivity index (χ0v) is 21.4. The minimum atomic E-state index is -4.64. The smallest absolute Gasteiger partial charge is 0.416 e. The van der Waals surface area contributed by atoms with Crippen LogP contribution in [0.3, 0.4) is 0 Å². The number of carbonyl (C=O) groups is 2. The number of alkyl halides is 3. The molecule has 1 aromatic heterocycles. The van der Waals surface area contributed by atoms with Crippen molar-refractivity contribution < 1.29 is 37.0 Å². The van der Waals surface area contributed by atoms with Crippen molar-refractivity contribution in [3.8, 4) is 11.8 Å². The number of methoxy groups -OCH3 is 1. The van der Waals surface area contributed by atoms with Crippen LogP contribution in [0, 0.1) is 31.1 Å². The quantitative estimate of drug-likeness (QED) is 0.195. The number of ether oxygens (including phenoxy) is 3. The molecule has 1 N–H and O–H groups in total. The number of aromatic nitrogens is 1. The fourth-order valence-electron chi connectivity index (χ4n) is 3.47. The van der Waals surface area contributed by atoms with Gasteiger partial charge in [-0.05, 0) is 55.7 Å². The Morgan fingerprint density at radius 1 is 1.19 bits per heavy atom. The van der Waals surface area contributed by atoms with E-state index in [0.29, 0.717) is 11.5 Å². The number of anilines is 1. The first kappa shape index (κ1) is 29.5. The predicted molar refractivity (Wildman–Crippen MR) is 131 cm³/mol. The van der Waals surface area contributed by atoms with Crippen LogP contribution in [0.4, 0.5) is 18.9 Å². The Labute approximate surface area is 213 Å². The van der Waals surface area contributed by atoms with E-state index in [4.69, 9.17) is 14.2 Å². The van der Waals surface area contributed by atoms with Crippen LogP contribution in [0.25, 0.3) is 6.08 Å². The number of rotatable bonds is 11. The molecule has 1 aromatic carbocycles. The first-order valence-electron chi connectivity index (χ1n) is 11.5. The van der Waals surface area contributed by atoms with Gasteiger partial charge in [0.25, 0.3) is 5.91 Å².